The number of hydrogen-bond donors (Lipinski definition) is 3. The fourth-order valence-electron chi connectivity index (χ4n) is 2.37. The molecule has 0 bridgehead atoms. The van der Waals surface area contributed by atoms with Crippen LogP contribution >= 0.6 is 0 Å². The van der Waals surface area contributed by atoms with E-state index in [4.69, 9.17) is 0 Å². The lowest BCUT2D eigenvalue weighted by Gasteiger charge is -2.21. The molecule has 0 radical (unpaired) electrons. The molecule has 2 rings (SSSR count). The molecular formula is C17H20FNO2. The Labute approximate surface area is 124 Å². The molecule has 112 valence electrons. The molecule has 2 unspecified atom stereocenters. The number of aliphatic hydroxyl groups is 1. The standard InChI is InChI=1S/C17H20FNO2/c1-2-15(13-8-4-6-10-16(13)20)19-11-17(21)12-7-3-5-9-14(12)18/h3-10,15,17,19-21H,2,11H2,1H3. The first-order chi connectivity index (χ1) is 10.1. The highest BCUT2D eigenvalue weighted by Gasteiger charge is 2.16. The summed E-state index contributed by atoms with van der Waals surface area (Å²) >= 11 is 0. The number of halogens is 1. The molecule has 2 atom stereocenters. The van der Waals surface area contributed by atoms with Crippen LogP contribution in [0.4, 0.5) is 4.39 Å². The van der Waals surface area contributed by atoms with Crippen molar-refractivity contribution in [2.45, 2.75) is 25.5 Å². The molecular weight excluding hydrogens is 269 g/mol. The van der Waals surface area contributed by atoms with Gasteiger partial charge in [-0.3, -0.25) is 0 Å². The van der Waals surface area contributed by atoms with Crippen molar-refractivity contribution in [2.75, 3.05) is 6.54 Å². The second-order valence-electron chi connectivity index (χ2n) is 4.97. The predicted octanol–water partition coefficient (Wildman–Crippen LogP) is 3.31. The van der Waals surface area contributed by atoms with E-state index in [2.05, 4.69) is 5.32 Å². The molecule has 4 heteroatoms. The van der Waals surface area contributed by atoms with Crippen LogP contribution in [-0.4, -0.2) is 16.8 Å². The van der Waals surface area contributed by atoms with Crippen LogP contribution in [0, 0.1) is 5.82 Å². The Hall–Kier alpha value is -1.91. The van der Waals surface area contributed by atoms with Crippen LogP contribution in [0.5, 0.6) is 5.75 Å². The highest BCUT2D eigenvalue weighted by Crippen LogP contribution is 2.26. The zero-order chi connectivity index (χ0) is 15.2. The molecule has 0 spiro atoms. The van der Waals surface area contributed by atoms with Gasteiger partial charge < -0.3 is 15.5 Å². The Balaban J connectivity index is 2.04. The van der Waals surface area contributed by atoms with E-state index in [1.54, 1.807) is 30.3 Å². The smallest absolute Gasteiger partial charge is 0.129 e. The lowest BCUT2D eigenvalue weighted by molar-refractivity contribution is 0.164. The summed E-state index contributed by atoms with van der Waals surface area (Å²) in [6.45, 7) is 2.20. The number of benzene rings is 2. The quantitative estimate of drug-likeness (QED) is 0.764. The summed E-state index contributed by atoms with van der Waals surface area (Å²) in [5.74, 6) is -0.195. The van der Waals surface area contributed by atoms with E-state index in [1.165, 1.54) is 6.07 Å². The fourth-order valence-corrected chi connectivity index (χ4v) is 2.37. The van der Waals surface area contributed by atoms with Crippen LogP contribution in [0.3, 0.4) is 0 Å². The maximum absolute atomic E-state index is 13.6. The summed E-state index contributed by atoms with van der Waals surface area (Å²) in [5, 5.41) is 23.1. The summed E-state index contributed by atoms with van der Waals surface area (Å²) in [7, 11) is 0. The summed E-state index contributed by atoms with van der Waals surface area (Å²) in [6, 6.07) is 13.2. The number of phenols is 1. The lowest BCUT2D eigenvalue weighted by Crippen LogP contribution is -2.26. The molecule has 21 heavy (non-hydrogen) atoms. The molecule has 0 saturated carbocycles. The van der Waals surface area contributed by atoms with E-state index in [9.17, 15) is 14.6 Å². The van der Waals surface area contributed by atoms with Gasteiger partial charge in [-0.05, 0) is 18.6 Å². The Kier molecular flexibility index (Phi) is 5.31. The van der Waals surface area contributed by atoms with Crippen molar-refractivity contribution in [3.8, 4) is 5.75 Å². The predicted molar refractivity (Wildman–Crippen MR) is 80.5 cm³/mol. The van der Waals surface area contributed by atoms with Crippen LogP contribution in [0.25, 0.3) is 0 Å². The highest BCUT2D eigenvalue weighted by molar-refractivity contribution is 5.34. The lowest BCUT2D eigenvalue weighted by atomic mass is 10.0. The van der Waals surface area contributed by atoms with Crippen LogP contribution in [0.15, 0.2) is 48.5 Å². The number of para-hydroxylation sites is 1. The minimum absolute atomic E-state index is 0.0902. The number of aliphatic hydroxyl groups excluding tert-OH is 1. The molecule has 2 aromatic rings. The molecule has 3 nitrogen and oxygen atoms in total. The minimum atomic E-state index is -0.925. The number of phenolic OH excluding ortho intramolecular Hbond substituents is 1. The van der Waals surface area contributed by atoms with E-state index < -0.39 is 11.9 Å². The van der Waals surface area contributed by atoms with Crippen LogP contribution in [-0.2, 0) is 0 Å². The van der Waals surface area contributed by atoms with Gasteiger partial charge in [0.15, 0.2) is 0 Å². The average Bonchev–Trinajstić information content (AvgIpc) is 2.49. The van der Waals surface area contributed by atoms with Gasteiger partial charge in [0.25, 0.3) is 0 Å². The zero-order valence-electron chi connectivity index (χ0n) is 12.0. The van der Waals surface area contributed by atoms with Gasteiger partial charge in [0.2, 0.25) is 0 Å². The largest absolute Gasteiger partial charge is 0.508 e. The minimum Gasteiger partial charge on any atom is -0.508 e. The number of hydrogen-bond acceptors (Lipinski definition) is 3. The molecule has 2 aromatic carbocycles. The normalized spacial score (nSPS) is 13.9. The topological polar surface area (TPSA) is 52.5 Å². The first kappa shape index (κ1) is 15.5. The zero-order valence-corrected chi connectivity index (χ0v) is 12.0. The Morgan fingerprint density at radius 1 is 1.05 bits per heavy atom. The van der Waals surface area contributed by atoms with Crippen molar-refractivity contribution in [3.63, 3.8) is 0 Å². The SMILES string of the molecule is CCC(NCC(O)c1ccccc1F)c1ccccc1O. The van der Waals surface area contributed by atoms with Crippen molar-refractivity contribution < 1.29 is 14.6 Å². The molecule has 0 amide bonds. The summed E-state index contributed by atoms with van der Waals surface area (Å²) in [5.41, 5.74) is 1.05. The van der Waals surface area contributed by atoms with E-state index in [0.29, 0.717) is 0 Å². The summed E-state index contributed by atoms with van der Waals surface area (Å²) in [6.07, 6.45) is -0.173. The Morgan fingerprint density at radius 3 is 2.29 bits per heavy atom. The van der Waals surface area contributed by atoms with Gasteiger partial charge in [-0.25, -0.2) is 4.39 Å². The van der Waals surface area contributed by atoms with E-state index in [1.807, 2.05) is 19.1 Å². The van der Waals surface area contributed by atoms with E-state index in [0.717, 1.165) is 12.0 Å². The van der Waals surface area contributed by atoms with Crippen LogP contribution in [0.1, 0.15) is 36.6 Å². The molecule has 0 aliphatic rings. The first-order valence-electron chi connectivity index (χ1n) is 7.07. The number of nitrogens with one attached hydrogen (secondary N) is 1. The van der Waals surface area contributed by atoms with Crippen molar-refractivity contribution in [1.29, 1.82) is 0 Å². The van der Waals surface area contributed by atoms with Crippen LogP contribution < -0.4 is 5.32 Å². The van der Waals surface area contributed by atoms with Crippen molar-refractivity contribution in [1.82, 2.24) is 5.32 Å². The maximum atomic E-state index is 13.6. The Morgan fingerprint density at radius 2 is 1.67 bits per heavy atom. The molecule has 0 heterocycles. The highest BCUT2D eigenvalue weighted by atomic mass is 19.1. The molecule has 0 fully saturated rings. The third kappa shape index (κ3) is 3.80. The first-order valence-corrected chi connectivity index (χ1v) is 7.07. The molecule has 0 aliphatic carbocycles. The second kappa shape index (κ2) is 7.20. The molecule has 0 aliphatic heterocycles. The molecule has 3 N–H and O–H groups in total. The van der Waals surface area contributed by atoms with Gasteiger partial charge in [-0.2, -0.15) is 0 Å². The van der Waals surface area contributed by atoms with Gasteiger partial charge in [0, 0.05) is 23.7 Å². The number of rotatable bonds is 6. The summed E-state index contributed by atoms with van der Waals surface area (Å²) < 4.78 is 13.6. The average molecular weight is 289 g/mol. The van der Waals surface area contributed by atoms with Gasteiger partial charge in [-0.15, -0.1) is 0 Å². The van der Waals surface area contributed by atoms with Crippen LogP contribution in [0.2, 0.25) is 0 Å². The van der Waals surface area contributed by atoms with Crippen molar-refractivity contribution in [2.24, 2.45) is 0 Å². The monoisotopic (exact) mass is 289 g/mol. The second-order valence-corrected chi connectivity index (χ2v) is 4.97. The van der Waals surface area contributed by atoms with Gasteiger partial charge in [0.1, 0.15) is 11.6 Å². The van der Waals surface area contributed by atoms with Gasteiger partial charge >= 0.3 is 0 Å². The fraction of sp³-hybridized carbons (Fsp3) is 0.294. The third-order valence-electron chi connectivity index (χ3n) is 3.54. The molecule has 0 aromatic heterocycles. The van der Waals surface area contributed by atoms with Crippen molar-refractivity contribution >= 4 is 0 Å². The summed E-state index contributed by atoms with van der Waals surface area (Å²) in [4.78, 5) is 0. The van der Waals surface area contributed by atoms with Gasteiger partial charge in [-0.1, -0.05) is 43.3 Å². The Bertz CT molecular complexity index is 589. The van der Waals surface area contributed by atoms with E-state index in [-0.39, 0.29) is 23.9 Å². The maximum Gasteiger partial charge on any atom is 0.129 e. The van der Waals surface area contributed by atoms with Crippen molar-refractivity contribution in [3.05, 3.63) is 65.5 Å². The van der Waals surface area contributed by atoms with Gasteiger partial charge in [0.05, 0.1) is 6.10 Å². The van der Waals surface area contributed by atoms with E-state index >= 15 is 0 Å². The molecule has 0 saturated heterocycles. The third-order valence-corrected chi connectivity index (χ3v) is 3.54. The number of aromatic hydroxyl groups is 1.